The monoisotopic (exact) mass is 385 g/mol. The molecule has 2 aromatic carbocycles. The van der Waals surface area contributed by atoms with Crippen LogP contribution in [-0.4, -0.2) is 42.8 Å². The van der Waals surface area contributed by atoms with E-state index in [1.807, 2.05) is 0 Å². The molecule has 2 amide bonds. The van der Waals surface area contributed by atoms with Gasteiger partial charge in [-0.3, -0.25) is 9.59 Å². The van der Waals surface area contributed by atoms with Gasteiger partial charge in [-0.25, -0.2) is 10.2 Å². The predicted molar refractivity (Wildman–Crippen MR) is 102 cm³/mol. The first-order valence-electron chi connectivity index (χ1n) is 8.23. The highest BCUT2D eigenvalue weighted by molar-refractivity contribution is 6.39. The Labute approximate surface area is 161 Å². The van der Waals surface area contributed by atoms with E-state index >= 15 is 0 Å². The summed E-state index contributed by atoms with van der Waals surface area (Å²) >= 11 is 0. The summed E-state index contributed by atoms with van der Waals surface area (Å²) in [5.74, 6) is -2.00. The second-order valence-electron chi connectivity index (χ2n) is 5.37. The van der Waals surface area contributed by atoms with Crippen LogP contribution in [-0.2, 0) is 9.59 Å². The molecule has 146 valence electrons. The third kappa shape index (κ3) is 5.56. The van der Waals surface area contributed by atoms with Gasteiger partial charge in [0.15, 0.2) is 0 Å². The van der Waals surface area contributed by atoms with E-state index in [-0.39, 0.29) is 5.56 Å². The Kier molecular flexibility index (Phi) is 7.09. The Morgan fingerprint density at radius 1 is 1.11 bits per heavy atom. The van der Waals surface area contributed by atoms with Gasteiger partial charge in [-0.15, -0.1) is 0 Å². The smallest absolute Gasteiger partial charge is 0.335 e. The van der Waals surface area contributed by atoms with Gasteiger partial charge in [0.05, 0.1) is 25.5 Å². The number of carbonyl (C=O) groups is 3. The lowest BCUT2D eigenvalue weighted by Crippen LogP contribution is -2.32. The summed E-state index contributed by atoms with van der Waals surface area (Å²) in [5, 5.41) is 15.2. The van der Waals surface area contributed by atoms with E-state index < -0.39 is 17.8 Å². The fourth-order valence-corrected chi connectivity index (χ4v) is 2.14. The molecule has 0 aliphatic carbocycles. The molecular weight excluding hydrogens is 366 g/mol. The molecule has 0 aliphatic heterocycles. The van der Waals surface area contributed by atoms with Crippen molar-refractivity contribution in [1.29, 1.82) is 0 Å². The molecule has 0 unspecified atom stereocenters. The number of ether oxygens (including phenoxy) is 2. The number of carboxylic acid groups (broad SMARTS) is 1. The molecule has 0 saturated carbocycles. The SMILES string of the molecule is CCOc1ccc(C(=O)O)cc1/C=N\NC(=O)C(=O)Nc1ccc(OC)cc1. The lowest BCUT2D eigenvalue weighted by molar-refractivity contribution is -0.136. The maximum absolute atomic E-state index is 11.9. The average Bonchev–Trinajstić information content (AvgIpc) is 2.69. The van der Waals surface area contributed by atoms with Crippen LogP contribution < -0.4 is 20.2 Å². The van der Waals surface area contributed by atoms with Crippen LogP contribution in [0.3, 0.4) is 0 Å². The van der Waals surface area contributed by atoms with E-state index in [2.05, 4.69) is 15.8 Å². The van der Waals surface area contributed by atoms with Crippen LogP contribution in [0.4, 0.5) is 5.69 Å². The molecule has 0 atom stereocenters. The van der Waals surface area contributed by atoms with Crippen molar-refractivity contribution in [1.82, 2.24) is 5.43 Å². The highest BCUT2D eigenvalue weighted by Crippen LogP contribution is 2.19. The zero-order valence-corrected chi connectivity index (χ0v) is 15.3. The van der Waals surface area contributed by atoms with Crippen LogP contribution in [0.25, 0.3) is 0 Å². The van der Waals surface area contributed by atoms with E-state index in [0.717, 1.165) is 0 Å². The van der Waals surface area contributed by atoms with Crippen molar-refractivity contribution in [2.45, 2.75) is 6.92 Å². The molecule has 0 fully saturated rings. The van der Waals surface area contributed by atoms with Crippen molar-refractivity contribution in [3.05, 3.63) is 53.6 Å². The topological polar surface area (TPSA) is 126 Å². The molecule has 0 radical (unpaired) electrons. The molecule has 0 bridgehead atoms. The largest absolute Gasteiger partial charge is 0.497 e. The Morgan fingerprint density at radius 2 is 1.82 bits per heavy atom. The van der Waals surface area contributed by atoms with Gasteiger partial charge in [0, 0.05) is 11.3 Å². The Bertz CT molecular complexity index is 893. The second kappa shape index (κ2) is 9.72. The minimum atomic E-state index is -1.11. The lowest BCUT2D eigenvalue weighted by Gasteiger charge is -2.08. The van der Waals surface area contributed by atoms with Crippen molar-refractivity contribution in [3.8, 4) is 11.5 Å². The van der Waals surface area contributed by atoms with Crippen molar-refractivity contribution >= 4 is 29.7 Å². The molecule has 2 rings (SSSR count). The summed E-state index contributed by atoms with van der Waals surface area (Å²) in [5.41, 5.74) is 2.88. The number of carbonyl (C=O) groups excluding carboxylic acids is 2. The van der Waals surface area contributed by atoms with Gasteiger partial charge in [-0.1, -0.05) is 0 Å². The zero-order chi connectivity index (χ0) is 20.5. The normalized spacial score (nSPS) is 10.4. The highest BCUT2D eigenvalue weighted by Gasteiger charge is 2.13. The van der Waals surface area contributed by atoms with Crippen molar-refractivity contribution in [3.63, 3.8) is 0 Å². The Hall–Kier alpha value is -3.88. The third-order valence-electron chi connectivity index (χ3n) is 3.48. The number of hydrogen-bond acceptors (Lipinski definition) is 6. The van der Waals surface area contributed by atoms with Gasteiger partial charge in [0.2, 0.25) is 0 Å². The number of benzene rings is 2. The van der Waals surface area contributed by atoms with Crippen molar-refractivity contribution in [2.75, 3.05) is 19.0 Å². The maximum atomic E-state index is 11.9. The zero-order valence-electron chi connectivity index (χ0n) is 15.3. The summed E-state index contributed by atoms with van der Waals surface area (Å²) < 4.78 is 10.4. The first-order valence-corrected chi connectivity index (χ1v) is 8.23. The van der Waals surface area contributed by atoms with E-state index in [9.17, 15) is 14.4 Å². The van der Waals surface area contributed by atoms with Gasteiger partial charge in [-0.2, -0.15) is 5.10 Å². The number of methoxy groups -OCH3 is 1. The Morgan fingerprint density at radius 3 is 2.43 bits per heavy atom. The number of amides is 2. The van der Waals surface area contributed by atoms with Crippen LogP contribution in [0.15, 0.2) is 47.6 Å². The molecule has 0 aromatic heterocycles. The third-order valence-corrected chi connectivity index (χ3v) is 3.48. The number of nitrogens with one attached hydrogen (secondary N) is 2. The van der Waals surface area contributed by atoms with Gasteiger partial charge in [-0.05, 0) is 49.4 Å². The fourth-order valence-electron chi connectivity index (χ4n) is 2.14. The predicted octanol–water partition coefficient (Wildman–Crippen LogP) is 1.88. The van der Waals surface area contributed by atoms with E-state index in [1.54, 1.807) is 31.2 Å². The minimum Gasteiger partial charge on any atom is -0.497 e. The van der Waals surface area contributed by atoms with Crippen molar-refractivity contribution < 1.29 is 29.0 Å². The quantitative estimate of drug-likeness (QED) is 0.379. The molecular formula is C19H19N3O6. The van der Waals surface area contributed by atoms with Crippen molar-refractivity contribution in [2.24, 2.45) is 5.10 Å². The van der Waals surface area contributed by atoms with Crippen LogP contribution in [0, 0.1) is 0 Å². The number of hydrogen-bond donors (Lipinski definition) is 3. The molecule has 0 heterocycles. The van der Waals surface area contributed by atoms with Crippen LogP contribution >= 0.6 is 0 Å². The summed E-state index contributed by atoms with van der Waals surface area (Å²) in [7, 11) is 1.52. The van der Waals surface area contributed by atoms with Gasteiger partial charge < -0.3 is 19.9 Å². The van der Waals surface area contributed by atoms with E-state index in [1.165, 1.54) is 31.5 Å². The molecule has 28 heavy (non-hydrogen) atoms. The fraction of sp³-hybridized carbons (Fsp3) is 0.158. The number of anilines is 1. The molecule has 9 heteroatoms. The van der Waals surface area contributed by atoms with E-state index in [0.29, 0.717) is 29.4 Å². The maximum Gasteiger partial charge on any atom is 0.335 e. The second-order valence-corrected chi connectivity index (χ2v) is 5.37. The summed E-state index contributed by atoms with van der Waals surface area (Å²) in [6.45, 7) is 2.14. The number of hydrazone groups is 1. The van der Waals surface area contributed by atoms with Gasteiger partial charge >= 0.3 is 17.8 Å². The van der Waals surface area contributed by atoms with Crippen LogP contribution in [0.1, 0.15) is 22.8 Å². The molecule has 9 nitrogen and oxygen atoms in total. The average molecular weight is 385 g/mol. The molecule has 0 spiro atoms. The number of aromatic carboxylic acids is 1. The Balaban J connectivity index is 2.02. The number of nitrogens with zero attached hydrogens (tertiary/aromatic N) is 1. The summed E-state index contributed by atoms with van der Waals surface area (Å²) in [6.07, 6.45) is 1.20. The lowest BCUT2D eigenvalue weighted by atomic mass is 10.1. The van der Waals surface area contributed by atoms with Gasteiger partial charge in [0.1, 0.15) is 11.5 Å². The molecule has 0 aliphatic rings. The standard InChI is InChI=1S/C19H19N3O6/c1-3-28-16-9-4-12(19(25)26)10-13(16)11-20-22-18(24)17(23)21-14-5-7-15(27-2)8-6-14/h4-11H,3H2,1-2H3,(H,21,23)(H,22,24)(H,25,26)/b20-11-. The first-order chi connectivity index (χ1) is 13.4. The highest BCUT2D eigenvalue weighted by atomic mass is 16.5. The minimum absolute atomic E-state index is 0.0356. The molecule has 2 aromatic rings. The molecule has 0 saturated heterocycles. The summed E-state index contributed by atoms with van der Waals surface area (Å²) in [4.78, 5) is 34.8. The number of rotatable bonds is 7. The number of carboxylic acids is 1. The van der Waals surface area contributed by atoms with E-state index in [4.69, 9.17) is 14.6 Å². The van der Waals surface area contributed by atoms with Gasteiger partial charge in [0.25, 0.3) is 0 Å². The van der Waals surface area contributed by atoms with Crippen LogP contribution in [0.2, 0.25) is 0 Å². The molecule has 3 N–H and O–H groups in total. The van der Waals surface area contributed by atoms with Crippen LogP contribution in [0.5, 0.6) is 11.5 Å². The first kappa shape index (κ1) is 20.4. The summed E-state index contributed by atoms with van der Waals surface area (Å²) in [6, 6.07) is 10.7.